The normalized spacial score (nSPS) is 11.3. The molecule has 4 aromatic carbocycles. The molecule has 0 fully saturated rings. The summed E-state index contributed by atoms with van der Waals surface area (Å²) in [6.45, 7) is -2.64. The minimum absolute atomic E-state index is 0.0130. The number of carboxylic acid groups (broad SMARTS) is 4. The highest BCUT2D eigenvalue weighted by atomic mass is 16.4. The van der Waals surface area contributed by atoms with Crippen molar-refractivity contribution in [2.24, 2.45) is 0 Å². The standard InChI is InChI=1S/C44H30N12O12/c57-29(58)13-45-41(65)17-1-5-21-25(9-17)37-49-33(21)53-38-26-10-18(42(66)46-14-30(59)60)2-6-22(26)35(50-38)55-40-28-12-20(44(68)48-16-32(63)64)4-8-24(28)36(52-40)56-39-27-11-19(43(67)47-15-31(61)62)3-7-23(27)34(51-39)54-37/h1-12H,13-16H2,(H,45,65)(H,46,66)(H,47,67)(H,48,68)(H,57,58)(H,59,60)(H,61,62)(H,63,64)(H2,49,50,51,52,53,54,55,56). The molecule has 10 N–H and O–H groups in total. The van der Waals surface area contributed by atoms with Crippen LogP contribution in [-0.2, 0) is 19.2 Å². The maximum Gasteiger partial charge on any atom is 0.322 e. The lowest BCUT2D eigenvalue weighted by molar-refractivity contribution is -0.136. The third-order valence-corrected chi connectivity index (χ3v) is 10.5. The molecular weight excluding hydrogens is 889 g/mol. The first-order valence-corrected chi connectivity index (χ1v) is 20.0. The fourth-order valence-electron chi connectivity index (χ4n) is 7.39. The van der Waals surface area contributed by atoms with Crippen LogP contribution < -0.4 is 21.3 Å². The van der Waals surface area contributed by atoms with E-state index in [0.717, 1.165) is 0 Å². The van der Waals surface area contributed by atoms with Crippen LogP contribution in [0.25, 0.3) is 89.7 Å². The number of hydrogen-bond donors (Lipinski definition) is 10. The van der Waals surface area contributed by atoms with Gasteiger partial charge in [0.05, 0.1) is 0 Å². The van der Waals surface area contributed by atoms with Crippen LogP contribution in [0.2, 0.25) is 0 Å². The number of H-pyrrole nitrogens is 2. The molecule has 5 heterocycles. The molecule has 3 aromatic heterocycles. The van der Waals surface area contributed by atoms with E-state index in [1.807, 2.05) is 0 Å². The first-order chi connectivity index (χ1) is 32.6. The second-order valence-corrected chi connectivity index (χ2v) is 15.0. The van der Waals surface area contributed by atoms with Crippen molar-refractivity contribution >= 4 is 91.6 Å². The lowest BCUT2D eigenvalue weighted by Gasteiger charge is -2.05. The Kier molecular flexibility index (Phi) is 10.9. The van der Waals surface area contributed by atoms with Crippen molar-refractivity contribution in [2.75, 3.05) is 26.2 Å². The van der Waals surface area contributed by atoms with Gasteiger partial charge >= 0.3 is 23.9 Å². The Morgan fingerprint density at radius 1 is 0.353 bits per heavy atom. The Bertz CT molecular complexity index is 3370. The molecule has 0 unspecified atom stereocenters. The van der Waals surface area contributed by atoms with Gasteiger partial charge in [-0.1, -0.05) is 0 Å². The zero-order valence-electron chi connectivity index (χ0n) is 34.5. The molecule has 0 saturated heterocycles. The largest absolute Gasteiger partial charge is 0.480 e. The number of rotatable bonds is 12. The van der Waals surface area contributed by atoms with Crippen molar-refractivity contribution < 1.29 is 58.8 Å². The van der Waals surface area contributed by atoms with Gasteiger partial charge in [0.1, 0.15) is 48.8 Å². The molecule has 0 saturated carbocycles. The summed E-state index contributed by atoms with van der Waals surface area (Å²) in [5.41, 5.74) is 2.00. The molecule has 2 aliphatic rings. The second-order valence-electron chi connectivity index (χ2n) is 15.0. The van der Waals surface area contributed by atoms with Gasteiger partial charge < -0.3 is 51.7 Å². The van der Waals surface area contributed by atoms with Gasteiger partial charge in [-0.2, -0.15) is 0 Å². The summed E-state index contributed by atoms with van der Waals surface area (Å²) in [4.78, 5) is 133. The summed E-state index contributed by atoms with van der Waals surface area (Å²) in [6, 6.07) is 17.7. The minimum Gasteiger partial charge on any atom is -0.480 e. The maximum atomic E-state index is 13.1. The molecule has 68 heavy (non-hydrogen) atoms. The highest BCUT2D eigenvalue weighted by Gasteiger charge is 2.25. The van der Waals surface area contributed by atoms with E-state index in [1.165, 1.54) is 60.7 Å². The number of aliphatic carboxylic acids is 4. The molecule has 7 aromatic rings. The molecule has 4 amide bonds. The molecule has 9 rings (SSSR count). The molecular formula is C44H30N12O12. The third-order valence-electron chi connectivity index (χ3n) is 10.5. The Hall–Kier alpha value is -10.0. The smallest absolute Gasteiger partial charge is 0.322 e. The van der Waals surface area contributed by atoms with Crippen LogP contribution in [0, 0.1) is 0 Å². The van der Waals surface area contributed by atoms with Crippen LogP contribution in [0.5, 0.6) is 0 Å². The van der Waals surface area contributed by atoms with E-state index in [1.54, 1.807) is 12.1 Å². The topological polar surface area (TPSA) is 375 Å². The number of benzene rings is 4. The van der Waals surface area contributed by atoms with E-state index in [0.29, 0.717) is 32.7 Å². The number of carbonyl (C=O) groups is 8. The number of nitrogens with one attached hydrogen (secondary N) is 6. The number of amides is 4. The average molecular weight is 919 g/mol. The highest BCUT2D eigenvalue weighted by Crippen LogP contribution is 2.38. The first-order valence-electron chi connectivity index (χ1n) is 20.0. The van der Waals surface area contributed by atoms with Gasteiger partial charge in [0, 0.05) is 66.1 Å². The lowest BCUT2D eigenvalue weighted by atomic mass is 10.0. The summed E-state index contributed by atoms with van der Waals surface area (Å²) in [5, 5.41) is 47.5. The zero-order valence-corrected chi connectivity index (χ0v) is 34.5. The summed E-state index contributed by atoms with van der Waals surface area (Å²) in [5.74, 6) is -7.79. The quantitative estimate of drug-likeness (QED) is 0.0839. The third kappa shape index (κ3) is 8.40. The Balaban J connectivity index is 1.36. The molecule has 0 aliphatic carbocycles. The van der Waals surface area contributed by atoms with Crippen molar-refractivity contribution in [1.29, 1.82) is 0 Å². The Morgan fingerprint density at radius 2 is 0.632 bits per heavy atom. The number of fused-ring (bicyclic) bond motifs is 20. The Morgan fingerprint density at radius 3 is 0.956 bits per heavy atom. The molecule has 338 valence electrons. The SMILES string of the molecule is O=C(O)CNC(=O)c1ccc2c(c1)-c1nc-2nc2[nH]c(nc3nc(nc4[nH]c(n1)c1ccc(C(=O)NCC(=O)O)cc41)-c1ccc(C(=O)NCC(=O)O)cc1-3)c1ccc(C(=O)NCC(=O)O)cc21. The summed E-state index contributed by atoms with van der Waals surface area (Å²) in [7, 11) is 0. The van der Waals surface area contributed by atoms with Crippen molar-refractivity contribution in [1.82, 2.24) is 61.1 Å². The van der Waals surface area contributed by atoms with Gasteiger partial charge in [-0.25, -0.2) is 29.9 Å². The summed E-state index contributed by atoms with van der Waals surface area (Å²) in [6.07, 6.45) is 0. The molecule has 24 heteroatoms. The first kappa shape index (κ1) is 43.3. The van der Waals surface area contributed by atoms with Crippen LogP contribution in [0.3, 0.4) is 0 Å². The van der Waals surface area contributed by atoms with Crippen molar-refractivity contribution in [3.05, 3.63) is 95.1 Å². The number of hydrogen-bond acceptors (Lipinski definition) is 14. The predicted molar refractivity (Wildman–Crippen MR) is 236 cm³/mol. The van der Waals surface area contributed by atoms with Crippen molar-refractivity contribution in [3.8, 4) is 45.6 Å². The molecule has 24 nitrogen and oxygen atoms in total. The number of carbonyl (C=O) groups excluding carboxylic acids is 4. The minimum atomic E-state index is -1.27. The zero-order chi connectivity index (χ0) is 48.0. The van der Waals surface area contributed by atoms with E-state index >= 15 is 0 Å². The molecule has 0 spiro atoms. The predicted octanol–water partition coefficient (Wildman–Crippen LogP) is 2.13. The van der Waals surface area contributed by atoms with Gasteiger partial charge in [0.25, 0.3) is 23.6 Å². The van der Waals surface area contributed by atoms with Crippen LogP contribution in [0.1, 0.15) is 41.4 Å². The van der Waals surface area contributed by atoms with Crippen LogP contribution in [0.15, 0.2) is 72.8 Å². The molecule has 2 aliphatic heterocycles. The van der Waals surface area contributed by atoms with Gasteiger partial charge in [-0.05, 0) is 72.8 Å². The highest BCUT2D eigenvalue weighted by molar-refractivity contribution is 6.11. The van der Waals surface area contributed by atoms with E-state index in [-0.39, 0.29) is 79.3 Å². The fourth-order valence-corrected chi connectivity index (χ4v) is 7.39. The molecule has 0 radical (unpaired) electrons. The van der Waals surface area contributed by atoms with Crippen molar-refractivity contribution in [3.63, 3.8) is 0 Å². The van der Waals surface area contributed by atoms with Gasteiger partial charge in [0.15, 0.2) is 23.3 Å². The average Bonchev–Trinajstić information content (AvgIpc) is 4.05. The lowest BCUT2D eigenvalue weighted by Crippen LogP contribution is -2.29. The van der Waals surface area contributed by atoms with Gasteiger partial charge in [-0.15, -0.1) is 0 Å². The van der Waals surface area contributed by atoms with Crippen LogP contribution in [-0.4, -0.2) is 134 Å². The van der Waals surface area contributed by atoms with E-state index in [2.05, 4.69) is 31.2 Å². The molecule has 8 bridgehead atoms. The summed E-state index contributed by atoms with van der Waals surface area (Å²) < 4.78 is 0. The van der Waals surface area contributed by atoms with Gasteiger partial charge in [-0.3, -0.25) is 38.4 Å². The van der Waals surface area contributed by atoms with Crippen LogP contribution >= 0.6 is 0 Å². The van der Waals surface area contributed by atoms with Crippen molar-refractivity contribution in [2.45, 2.75) is 0 Å². The summed E-state index contributed by atoms with van der Waals surface area (Å²) >= 11 is 0. The number of carboxylic acids is 4. The maximum absolute atomic E-state index is 13.1. The number of aromatic amines is 2. The van der Waals surface area contributed by atoms with Crippen LogP contribution in [0.4, 0.5) is 0 Å². The van der Waals surface area contributed by atoms with Gasteiger partial charge in [0.2, 0.25) is 0 Å². The fraction of sp³-hybridized carbons (Fsp3) is 0.0909. The number of nitrogens with zero attached hydrogens (tertiary/aromatic N) is 6. The molecule has 0 atom stereocenters. The van der Waals surface area contributed by atoms with E-state index in [9.17, 15) is 58.8 Å². The Labute approximate surface area is 377 Å². The monoisotopic (exact) mass is 918 g/mol. The number of aromatic nitrogens is 8. The van der Waals surface area contributed by atoms with E-state index in [4.69, 9.17) is 29.9 Å². The second kappa shape index (κ2) is 17.2. The van der Waals surface area contributed by atoms with E-state index < -0.39 is 73.7 Å².